The monoisotopic (exact) mass is 324 g/mol. The summed E-state index contributed by atoms with van der Waals surface area (Å²) in [5.74, 6) is 0.772. The highest BCUT2D eigenvalue weighted by molar-refractivity contribution is 7.89. The Hall–Kier alpha value is -1.41. The lowest BCUT2D eigenvalue weighted by atomic mass is 10.0. The van der Waals surface area contributed by atoms with Crippen LogP contribution >= 0.6 is 0 Å². The fraction of sp³-hybridized carbons (Fsp3) is 0.714. The standard InChI is InChI=1S/C14H20N4O3S/c1-16-8-13(15-9-16)22(20,21)18-6-11-5-17(4-10-2-3-10)14(19)12(11)7-18/h8-12H,2-7H2,1H3/t11-,12+/m0/s1. The SMILES string of the molecule is Cn1cnc(S(=O)(=O)N2C[C@@H]3CN(CC4CC4)C(=O)[C@@H]3C2)c1. The molecule has 2 aliphatic heterocycles. The number of carbonyl (C=O) groups is 1. The molecule has 0 bridgehead atoms. The van der Waals surface area contributed by atoms with Crippen LogP contribution < -0.4 is 0 Å². The Balaban J connectivity index is 1.49. The Morgan fingerprint density at radius 1 is 1.27 bits per heavy atom. The van der Waals surface area contributed by atoms with Crippen LogP contribution in [-0.2, 0) is 21.9 Å². The molecule has 22 heavy (non-hydrogen) atoms. The van der Waals surface area contributed by atoms with Crippen molar-refractivity contribution in [1.82, 2.24) is 18.8 Å². The lowest BCUT2D eigenvalue weighted by molar-refractivity contribution is -0.131. The Morgan fingerprint density at radius 3 is 2.64 bits per heavy atom. The van der Waals surface area contributed by atoms with E-state index in [1.54, 1.807) is 11.6 Å². The quantitative estimate of drug-likeness (QED) is 0.776. The number of rotatable bonds is 4. The van der Waals surface area contributed by atoms with Gasteiger partial charge in [0.1, 0.15) is 0 Å². The van der Waals surface area contributed by atoms with E-state index in [9.17, 15) is 13.2 Å². The molecular weight excluding hydrogens is 304 g/mol. The fourth-order valence-electron chi connectivity index (χ4n) is 3.53. The topological polar surface area (TPSA) is 75.5 Å². The molecule has 1 saturated carbocycles. The number of carbonyl (C=O) groups excluding carboxylic acids is 1. The first-order valence-corrected chi connectivity index (χ1v) is 9.16. The predicted molar refractivity (Wildman–Crippen MR) is 78.3 cm³/mol. The van der Waals surface area contributed by atoms with Gasteiger partial charge in [-0.3, -0.25) is 4.79 Å². The van der Waals surface area contributed by atoms with Gasteiger partial charge in [0.05, 0.1) is 12.2 Å². The lowest BCUT2D eigenvalue weighted by Crippen LogP contribution is -2.36. The Labute approximate surface area is 130 Å². The van der Waals surface area contributed by atoms with Crippen LogP contribution in [0.25, 0.3) is 0 Å². The van der Waals surface area contributed by atoms with E-state index in [0.29, 0.717) is 25.6 Å². The molecule has 1 amide bonds. The predicted octanol–water partition coefficient (Wildman–Crippen LogP) is -0.0910. The van der Waals surface area contributed by atoms with E-state index in [0.717, 1.165) is 6.54 Å². The van der Waals surface area contributed by atoms with Crippen LogP contribution in [0.3, 0.4) is 0 Å². The molecule has 0 aromatic carbocycles. The molecule has 3 heterocycles. The van der Waals surface area contributed by atoms with Gasteiger partial charge in [0.15, 0.2) is 5.03 Å². The van der Waals surface area contributed by atoms with Gasteiger partial charge in [0.2, 0.25) is 5.91 Å². The van der Waals surface area contributed by atoms with Crippen molar-refractivity contribution in [3.8, 4) is 0 Å². The van der Waals surface area contributed by atoms with Crippen LogP contribution in [0.2, 0.25) is 0 Å². The van der Waals surface area contributed by atoms with Crippen LogP contribution in [0, 0.1) is 17.8 Å². The molecule has 0 unspecified atom stereocenters. The van der Waals surface area contributed by atoms with Gasteiger partial charge in [-0.1, -0.05) is 0 Å². The second-order valence-electron chi connectivity index (χ2n) is 6.75. The Bertz CT molecular complexity index is 709. The van der Waals surface area contributed by atoms with Gasteiger partial charge in [-0.05, 0) is 18.8 Å². The normalized spacial score (nSPS) is 29.3. The molecule has 2 atom stereocenters. The van der Waals surface area contributed by atoms with Gasteiger partial charge < -0.3 is 9.47 Å². The molecule has 0 N–H and O–H groups in total. The van der Waals surface area contributed by atoms with Gasteiger partial charge in [-0.15, -0.1) is 0 Å². The largest absolute Gasteiger partial charge is 0.342 e. The number of aromatic nitrogens is 2. The van der Waals surface area contributed by atoms with E-state index in [1.807, 2.05) is 4.90 Å². The average Bonchev–Trinajstić information content (AvgIpc) is 2.89. The summed E-state index contributed by atoms with van der Waals surface area (Å²) in [6.45, 7) is 2.28. The number of nitrogens with zero attached hydrogens (tertiary/aromatic N) is 4. The van der Waals surface area contributed by atoms with Crippen LogP contribution in [0.5, 0.6) is 0 Å². The minimum Gasteiger partial charge on any atom is -0.342 e. The molecule has 3 aliphatic rings. The summed E-state index contributed by atoms with van der Waals surface area (Å²) in [5.41, 5.74) is 0. The lowest BCUT2D eigenvalue weighted by Gasteiger charge is -2.20. The highest BCUT2D eigenvalue weighted by atomic mass is 32.2. The number of likely N-dealkylation sites (tertiary alicyclic amines) is 1. The molecule has 120 valence electrons. The maximum Gasteiger partial charge on any atom is 0.262 e. The summed E-state index contributed by atoms with van der Waals surface area (Å²) in [7, 11) is -1.84. The van der Waals surface area contributed by atoms with E-state index in [1.165, 1.54) is 29.7 Å². The number of imidazole rings is 1. The third-order valence-electron chi connectivity index (χ3n) is 4.95. The zero-order valence-electron chi connectivity index (χ0n) is 12.6. The molecule has 7 nitrogen and oxygen atoms in total. The van der Waals surface area contributed by atoms with Gasteiger partial charge in [-0.2, -0.15) is 4.31 Å². The average molecular weight is 324 g/mol. The minimum atomic E-state index is -3.58. The Morgan fingerprint density at radius 2 is 2.05 bits per heavy atom. The van der Waals surface area contributed by atoms with E-state index in [2.05, 4.69) is 4.98 Å². The first-order valence-electron chi connectivity index (χ1n) is 7.72. The summed E-state index contributed by atoms with van der Waals surface area (Å²) < 4.78 is 28.2. The minimum absolute atomic E-state index is 0.0669. The van der Waals surface area contributed by atoms with Crippen LogP contribution in [0.15, 0.2) is 17.6 Å². The summed E-state index contributed by atoms with van der Waals surface area (Å²) in [4.78, 5) is 18.3. The fourth-order valence-corrected chi connectivity index (χ4v) is 5.02. The first kappa shape index (κ1) is 14.2. The highest BCUT2D eigenvalue weighted by Crippen LogP contribution is 2.38. The number of sulfonamides is 1. The third-order valence-corrected chi connectivity index (χ3v) is 6.67. The molecule has 2 saturated heterocycles. The zero-order chi connectivity index (χ0) is 15.5. The summed E-state index contributed by atoms with van der Waals surface area (Å²) in [6, 6.07) is 0. The van der Waals surface area contributed by atoms with E-state index in [4.69, 9.17) is 0 Å². The van der Waals surface area contributed by atoms with Crippen molar-refractivity contribution < 1.29 is 13.2 Å². The summed E-state index contributed by atoms with van der Waals surface area (Å²) >= 11 is 0. The first-order chi connectivity index (χ1) is 10.4. The van der Waals surface area contributed by atoms with Crippen LogP contribution in [0.1, 0.15) is 12.8 Å². The molecule has 4 rings (SSSR count). The summed E-state index contributed by atoms with van der Waals surface area (Å²) in [5, 5.41) is 0.0669. The smallest absolute Gasteiger partial charge is 0.262 e. The molecule has 1 aromatic rings. The molecule has 8 heteroatoms. The maximum atomic E-state index is 12.6. The van der Waals surface area contributed by atoms with Crippen molar-refractivity contribution in [3.05, 3.63) is 12.5 Å². The molecule has 1 aliphatic carbocycles. The van der Waals surface area contributed by atoms with Gasteiger partial charge in [0, 0.05) is 45.3 Å². The highest BCUT2D eigenvalue weighted by Gasteiger charge is 2.50. The van der Waals surface area contributed by atoms with E-state index >= 15 is 0 Å². The van der Waals surface area contributed by atoms with Crippen LogP contribution in [0.4, 0.5) is 0 Å². The van der Waals surface area contributed by atoms with Gasteiger partial charge in [-0.25, -0.2) is 13.4 Å². The molecule has 3 fully saturated rings. The van der Waals surface area contributed by atoms with E-state index in [-0.39, 0.29) is 22.8 Å². The van der Waals surface area contributed by atoms with Crippen molar-refractivity contribution >= 4 is 15.9 Å². The second kappa shape index (κ2) is 4.79. The van der Waals surface area contributed by atoms with Crippen molar-refractivity contribution in [2.75, 3.05) is 26.2 Å². The van der Waals surface area contributed by atoms with E-state index < -0.39 is 10.0 Å². The maximum absolute atomic E-state index is 12.6. The van der Waals surface area contributed by atoms with Gasteiger partial charge in [0.25, 0.3) is 10.0 Å². The number of amides is 1. The Kier molecular flexibility index (Phi) is 3.09. The van der Waals surface area contributed by atoms with Gasteiger partial charge >= 0.3 is 0 Å². The zero-order valence-corrected chi connectivity index (χ0v) is 13.4. The summed E-state index contributed by atoms with van der Waals surface area (Å²) in [6.07, 6.45) is 5.43. The second-order valence-corrected chi connectivity index (χ2v) is 8.64. The van der Waals surface area contributed by atoms with Crippen molar-refractivity contribution in [2.45, 2.75) is 17.9 Å². The van der Waals surface area contributed by atoms with Crippen molar-refractivity contribution in [2.24, 2.45) is 24.8 Å². The number of hydrogen-bond acceptors (Lipinski definition) is 4. The molecule has 1 aromatic heterocycles. The molecule has 0 radical (unpaired) electrons. The molecule has 0 spiro atoms. The third kappa shape index (κ3) is 2.25. The van der Waals surface area contributed by atoms with Crippen molar-refractivity contribution in [1.29, 1.82) is 0 Å². The number of aryl methyl sites for hydroxylation is 1. The molecular formula is C14H20N4O3S. The number of hydrogen-bond donors (Lipinski definition) is 0. The number of fused-ring (bicyclic) bond motifs is 1. The van der Waals surface area contributed by atoms with Crippen molar-refractivity contribution in [3.63, 3.8) is 0 Å². The van der Waals surface area contributed by atoms with Crippen LogP contribution in [-0.4, -0.2) is 59.3 Å².